The van der Waals surface area contributed by atoms with Gasteiger partial charge in [-0.15, -0.1) is 0 Å². The first kappa shape index (κ1) is 31.4. The van der Waals surface area contributed by atoms with E-state index in [1.54, 1.807) is 0 Å². The predicted octanol–water partition coefficient (Wildman–Crippen LogP) is 7.73. The molecule has 1 N–H and O–H groups in total. The maximum absolute atomic E-state index is 14.3. The maximum Gasteiger partial charge on any atom is 0 e. The van der Waals surface area contributed by atoms with Crippen molar-refractivity contribution >= 4 is 45.9 Å². The number of allylic oxidation sites excluding steroid dienone is 2. The molecule has 4 nitrogen and oxygen atoms in total. The fraction of sp³-hybridized carbons (Fsp3) is 0.345. The smallest absolute Gasteiger partial charge is 0 e. The average molecular weight is 834 g/mol. The van der Waals surface area contributed by atoms with E-state index in [9.17, 15) is 27.5 Å². The Balaban J connectivity index is 0.000000307. The van der Waals surface area contributed by atoms with Gasteiger partial charge in [-0.1, -0.05) is 27.7 Å². The molecule has 2 aromatic carbocycles. The van der Waals surface area contributed by atoms with Crippen molar-refractivity contribution in [3.8, 4) is 9.27 Å². The second kappa shape index (κ2) is 15.0. The summed E-state index contributed by atoms with van der Waals surface area (Å²) in [4.78, 5) is 19.0. The zero-order chi connectivity index (χ0) is 28.9. The van der Waals surface area contributed by atoms with Crippen LogP contribution in [0, 0.1) is 41.2 Å². The second-order valence-corrected chi connectivity index (χ2v) is 11.7. The summed E-state index contributed by atoms with van der Waals surface area (Å²) in [5, 5.41) is 10.0. The fourth-order valence-corrected chi connectivity index (χ4v) is 6.95. The van der Waals surface area contributed by atoms with Gasteiger partial charge < -0.3 is 5.11 Å². The molecular weight excluding hydrogens is 804 g/mol. The van der Waals surface area contributed by atoms with Crippen LogP contribution in [-0.4, -0.2) is 41.3 Å². The number of ketones is 1. The van der Waals surface area contributed by atoms with Gasteiger partial charge in [-0.05, 0) is 25.7 Å². The number of rotatable bonds is 8. The summed E-state index contributed by atoms with van der Waals surface area (Å²) >= 11 is -1.03. The van der Waals surface area contributed by atoms with Crippen LogP contribution < -0.4 is 0 Å². The van der Waals surface area contributed by atoms with Gasteiger partial charge in [0.2, 0.25) is 0 Å². The number of aliphatic hydroxyl groups is 1. The first-order valence-corrected chi connectivity index (χ1v) is 14.8. The molecule has 0 unspecified atom stereocenters. The van der Waals surface area contributed by atoms with Crippen LogP contribution in [0.1, 0.15) is 54.7 Å². The molecule has 10 heteroatoms. The molecule has 2 heterocycles. The molecule has 0 fully saturated rings. The van der Waals surface area contributed by atoms with Gasteiger partial charge in [0, 0.05) is 38.0 Å². The Kier molecular flexibility index (Phi) is 12.1. The summed E-state index contributed by atoms with van der Waals surface area (Å²) in [6, 6.07) is 10.4. The summed E-state index contributed by atoms with van der Waals surface area (Å²) in [6.45, 7) is 8.07. The van der Waals surface area contributed by atoms with Crippen molar-refractivity contribution in [3.63, 3.8) is 0 Å². The molecule has 39 heavy (non-hydrogen) atoms. The number of fused-ring (bicyclic) bond motifs is 2. The summed E-state index contributed by atoms with van der Waals surface area (Å²) < 4.78 is 64.4. The molecule has 4 rings (SSSR count). The van der Waals surface area contributed by atoms with Crippen molar-refractivity contribution in [3.05, 3.63) is 71.7 Å². The molecule has 0 aliphatic rings. The first-order valence-electron chi connectivity index (χ1n) is 12.9. The van der Waals surface area contributed by atoms with Gasteiger partial charge >= 0.3 is 138 Å². The van der Waals surface area contributed by atoms with Gasteiger partial charge in [0.1, 0.15) is 0 Å². The minimum absolute atomic E-state index is 0. The van der Waals surface area contributed by atoms with Crippen LogP contribution in [-0.2, 0) is 24.9 Å². The quantitative estimate of drug-likeness (QED) is 0.0376. The number of carbonyl (C=O) groups is 1. The van der Waals surface area contributed by atoms with Gasteiger partial charge in [0.15, 0.2) is 5.78 Å². The molecule has 0 bridgehead atoms. The third kappa shape index (κ3) is 7.35. The maximum atomic E-state index is 14.3. The van der Waals surface area contributed by atoms with Gasteiger partial charge in [0.25, 0.3) is 0 Å². The van der Waals surface area contributed by atoms with E-state index in [4.69, 9.17) is 1.37 Å². The number of aromatic nitrogens is 2. The number of benzene rings is 2. The zero-order valence-electron chi connectivity index (χ0n) is 22.9. The van der Waals surface area contributed by atoms with Crippen LogP contribution >= 0.6 is 0 Å². The largest absolute Gasteiger partial charge is 0 e. The Bertz CT molecular complexity index is 1490. The molecule has 0 spiro atoms. The SMILES string of the molecule is CCC(CC)C(=O)/C=C(\O)C(CC)CC.[2H]c1nc(-c2[c-]c3ccccc3[te]2)c2c(F)c(F)c(F)c(F)c2n1.[Ir]. The van der Waals surface area contributed by atoms with Crippen molar-refractivity contribution in [1.82, 2.24) is 9.97 Å². The Morgan fingerprint density at radius 3 is 2.15 bits per heavy atom. The van der Waals surface area contributed by atoms with Crippen LogP contribution in [0.25, 0.3) is 29.0 Å². The summed E-state index contributed by atoms with van der Waals surface area (Å²) in [6.07, 6.45) is 4.31. The van der Waals surface area contributed by atoms with E-state index in [-0.39, 0.29) is 49.2 Å². The Labute approximate surface area is 249 Å². The summed E-state index contributed by atoms with van der Waals surface area (Å²) in [7, 11) is 0. The number of hydrogen-bond donors (Lipinski definition) is 1. The van der Waals surface area contributed by atoms with E-state index in [1.165, 1.54) is 6.08 Å². The number of halogens is 4. The van der Waals surface area contributed by atoms with Crippen molar-refractivity contribution in [2.75, 3.05) is 0 Å². The standard InChI is InChI=1S/C16H5F4N2Te.C13H24O2.Ir/c17-11-10-15(9-5-7-3-1-2-4-8(7)23-9)21-6-22-16(10)14(20)13(19)12(11)18;1-5-10(6-2)12(14)9-13(15)11(7-3)8-4;/h1-4,6H;9-11,14H,5-8H2,1-4H3;/q-1;;/b;12-9-;/i6D;;. The molecule has 4 aromatic rings. The Morgan fingerprint density at radius 1 is 0.974 bits per heavy atom. The molecule has 0 atom stereocenters. The Morgan fingerprint density at radius 2 is 1.56 bits per heavy atom. The molecule has 2 aromatic heterocycles. The number of carbonyl (C=O) groups excluding carboxylic acids is 1. The number of hydrogen-bond acceptors (Lipinski definition) is 4. The van der Waals surface area contributed by atoms with E-state index in [1.807, 2.05) is 52.0 Å². The molecule has 211 valence electrons. The predicted molar refractivity (Wildman–Crippen MR) is 142 cm³/mol. The Hall–Kier alpha value is -2.11. The monoisotopic (exact) mass is 837 g/mol. The van der Waals surface area contributed by atoms with E-state index >= 15 is 0 Å². The minimum Gasteiger partial charge on any atom is 0 e. The van der Waals surface area contributed by atoms with Crippen molar-refractivity contribution < 1.29 is 48.9 Å². The normalized spacial score (nSPS) is 11.9. The molecule has 1 radical (unpaired) electrons. The molecule has 0 amide bonds. The van der Waals surface area contributed by atoms with Crippen LogP contribution in [0.4, 0.5) is 17.6 Å². The van der Waals surface area contributed by atoms with Gasteiger partial charge in [-0.2, -0.15) is 0 Å². The fourth-order valence-electron chi connectivity index (χ4n) is 4.09. The van der Waals surface area contributed by atoms with Crippen LogP contribution in [0.5, 0.6) is 0 Å². The summed E-state index contributed by atoms with van der Waals surface area (Å²) in [5.41, 5.74) is -0.835. The third-order valence-electron chi connectivity index (χ3n) is 6.45. The molecule has 0 aliphatic carbocycles. The van der Waals surface area contributed by atoms with Crippen LogP contribution in [0.3, 0.4) is 0 Å². The first-order chi connectivity index (χ1) is 18.6. The van der Waals surface area contributed by atoms with Crippen LogP contribution in [0.2, 0.25) is 0 Å². The summed E-state index contributed by atoms with van der Waals surface area (Å²) in [5.74, 6) is -6.51. The molecule has 0 aliphatic heterocycles. The van der Waals surface area contributed by atoms with E-state index in [2.05, 4.69) is 16.0 Å². The van der Waals surface area contributed by atoms with Crippen LogP contribution in [0.15, 0.2) is 42.4 Å². The van der Waals surface area contributed by atoms with E-state index in [0.29, 0.717) is 3.58 Å². The van der Waals surface area contributed by atoms with Crippen molar-refractivity contribution in [2.45, 2.75) is 53.4 Å². The molecule has 0 saturated carbocycles. The average Bonchev–Trinajstić information content (AvgIpc) is 3.36. The molecule has 0 saturated heterocycles. The third-order valence-corrected chi connectivity index (χ3v) is 9.52. The van der Waals surface area contributed by atoms with Crippen molar-refractivity contribution in [2.24, 2.45) is 11.8 Å². The van der Waals surface area contributed by atoms with Gasteiger partial charge in [0.05, 0.1) is 5.76 Å². The van der Waals surface area contributed by atoms with Gasteiger partial charge in [-0.25, -0.2) is 0 Å². The second-order valence-electron chi connectivity index (χ2n) is 8.70. The number of aliphatic hydroxyl groups excluding tert-OH is 1. The zero-order valence-corrected chi connectivity index (χ0v) is 26.6. The van der Waals surface area contributed by atoms with Gasteiger partial charge in [-0.3, -0.25) is 4.79 Å². The van der Waals surface area contributed by atoms with E-state index in [0.717, 1.165) is 34.5 Å². The number of nitrogens with zero attached hydrogens (tertiary/aromatic N) is 2. The van der Waals surface area contributed by atoms with E-state index < -0.39 is 60.9 Å². The topological polar surface area (TPSA) is 63.1 Å². The minimum atomic E-state index is -1.95. The molecular formula is C29H29F4IrN2O2Te-. The van der Waals surface area contributed by atoms with Crippen molar-refractivity contribution in [1.29, 1.82) is 0 Å².